The quantitative estimate of drug-likeness (QED) is 0.767. The van der Waals surface area contributed by atoms with Gasteiger partial charge in [0.1, 0.15) is 0 Å². The van der Waals surface area contributed by atoms with Crippen LogP contribution in [0.5, 0.6) is 0 Å². The van der Waals surface area contributed by atoms with Crippen molar-refractivity contribution < 1.29 is 0 Å². The lowest BCUT2D eigenvalue weighted by Crippen LogP contribution is -2.29. The van der Waals surface area contributed by atoms with E-state index in [0.29, 0.717) is 0 Å². The highest BCUT2D eigenvalue weighted by molar-refractivity contribution is 7.14. The molecule has 2 aromatic rings. The Hall–Kier alpha value is -1.35. The topological polar surface area (TPSA) is 16.1 Å². The first-order valence-electron chi connectivity index (χ1n) is 7.86. The van der Waals surface area contributed by atoms with Crippen LogP contribution in [0, 0.1) is 0 Å². The van der Waals surface area contributed by atoms with Crippen LogP contribution in [0.3, 0.4) is 0 Å². The largest absolute Gasteiger partial charge is 0.348 e. The van der Waals surface area contributed by atoms with Crippen LogP contribution < -0.4 is 4.90 Å². The number of aromatic nitrogens is 1. The van der Waals surface area contributed by atoms with Crippen molar-refractivity contribution in [2.75, 3.05) is 18.0 Å². The Morgan fingerprint density at radius 1 is 1.05 bits per heavy atom. The van der Waals surface area contributed by atoms with E-state index in [1.54, 1.807) is 11.3 Å². The maximum atomic E-state index is 4.92. The van der Waals surface area contributed by atoms with Crippen LogP contribution in [0.1, 0.15) is 45.6 Å². The van der Waals surface area contributed by atoms with E-state index in [0.717, 1.165) is 18.8 Å². The zero-order valence-corrected chi connectivity index (χ0v) is 14.0. The molecule has 3 rings (SSSR count). The summed E-state index contributed by atoms with van der Waals surface area (Å²) in [5.74, 6) is 0. The zero-order valence-electron chi connectivity index (χ0n) is 13.2. The molecular weight excluding hydrogens is 276 g/mol. The molecule has 1 aliphatic rings. The Bertz CT molecular complexity index is 604. The molecule has 0 radical (unpaired) electrons. The summed E-state index contributed by atoms with van der Waals surface area (Å²) in [6.45, 7) is 9.12. The lowest BCUT2D eigenvalue weighted by molar-refractivity contribution is 0.577. The third kappa shape index (κ3) is 3.13. The van der Waals surface area contributed by atoms with Gasteiger partial charge in [0.15, 0.2) is 5.13 Å². The number of hydrogen-bond acceptors (Lipinski definition) is 3. The molecule has 0 atom stereocenters. The maximum absolute atomic E-state index is 4.92. The summed E-state index contributed by atoms with van der Waals surface area (Å²) in [5, 5.41) is 3.41. The van der Waals surface area contributed by atoms with Gasteiger partial charge in [-0.05, 0) is 30.2 Å². The molecule has 0 saturated carbocycles. The first-order valence-corrected chi connectivity index (χ1v) is 8.74. The maximum Gasteiger partial charge on any atom is 0.185 e. The number of thiazole rings is 1. The van der Waals surface area contributed by atoms with Gasteiger partial charge in [-0.25, -0.2) is 4.98 Å². The molecule has 2 heterocycles. The van der Waals surface area contributed by atoms with E-state index in [4.69, 9.17) is 4.98 Å². The van der Waals surface area contributed by atoms with Crippen LogP contribution >= 0.6 is 11.3 Å². The first-order chi connectivity index (χ1) is 10.1. The highest BCUT2D eigenvalue weighted by Gasteiger charge is 2.21. The van der Waals surface area contributed by atoms with Crippen molar-refractivity contribution in [1.29, 1.82) is 0 Å². The molecule has 0 bridgehead atoms. The van der Waals surface area contributed by atoms with Gasteiger partial charge in [-0.15, -0.1) is 11.3 Å². The molecule has 0 aliphatic carbocycles. The summed E-state index contributed by atoms with van der Waals surface area (Å²) in [5.41, 5.74) is 3.93. The number of nitrogens with zero attached hydrogens (tertiary/aromatic N) is 2. The molecule has 3 heteroatoms. The van der Waals surface area contributed by atoms with Crippen LogP contribution in [-0.2, 0) is 5.41 Å². The Balaban J connectivity index is 1.93. The number of rotatable bonds is 2. The number of anilines is 1. The van der Waals surface area contributed by atoms with Gasteiger partial charge in [0.2, 0.25) is 0 Å². The highest BCUT2D eigenvalue weighted by Crippen LogP contribution is 2.35. The molecule has 1 fully saturated rings. The van der Waals surface area contributed by atoms with Gasteiger partial charge in [-0.3, -0.25) is 0 Å². The summed E-state index contributed by atoms with van der Waals surface area (Å²) >= 11 is 1.79. The van der Waals surface area contributed by atoms with Gasteiger partial charge in [-0.1, -0.05) is 45.0 Å². The fraction of sp³-hybridized carbons (Fsp3) is 0.500. The fourth-order valence-electron chi connectivity index (χ4n) is 2.98. The van der Waals surface area contributed by atoms with Crippen molar-refractivity contribution in [2.24, 2.45) is 0 Å². The van der Waals surface area contributed by atoms with E-state index in [1.165, 1.54) is 35.5 Å². The van der Waals surface area contributed by atoms with Gasteiger partial charge < -0.3 is 4.90 Å². The van der Waals surface area contributed by atoms with Gasteiger partial charge in [0.25, 0.3) is 0 Å². The second-order valence-corrected chi connectivity index (χ2v) is 7.70. The lowest BCUT2D eigenvalue weighted by atomic mass is 9.83. The third-order valence-electron chi connectivity index (χ3n) is 4.13. The first kappa shape index (κ1) is 14.6. The Morgan fingerprint density at radius 3 is 2.48 bits per heavy atom. The normalized spacial score (nSPS) is 16.2. The summed E-state index contributed by atoms with van der Waals surface area (Å²) in [4.78, 5) is 7.36. The average molecular weight is 300 g/mol. The molecule has 1 aromatic carbocycles. The van der Waals surface area contributed by atoms with Crippen LogP contribution in [-0.4, -0.2) is 18.1 Å². The molecule has 21 heavy (non-hydrogen) atoms. The third-order valence-corrected chi connectivity index (χ3v) is 5.03. The fourth-order valence-corrected chi connectivity index (χ4v) is 3.86. The minimum absolute atomic E-state index is 0.144. The molecule has 1 aliphatic heterocycles. The molecule has 0 unspecified atom stereocenters. The van der Waals surface area contributed by atoms with E-state index < -0.39 is 0 Å². The summed E-state index contributed by atoms with van der Waals surface area (Å²) < 4.78 is 0. The molecule has 1 aromatic heterocycles. The van der Waals surface area contributed by atoms with Gasteiger partial charge in [0, 0.05) is 24.0 Å². The summed E-state index contributed by atoms with van der Waals surface area (Å²) in [6, 6.07) is 8.68. The Morgan fingerprint density at radius 2 is 1.76 bits per heavy atom. The van der Waals surface area contributed by atoms with Crippen molar-refractivity contribution in [3.63, 3.8) is 0 Å². The summed E-state index contributed by atoms with van der Waals surface area (Å²) in [6.07, 6.45) is 3.96. The standard InChI is InChI=1S/C18H24N2S/c1-18(2,3)15-10-6-5-9-14(15)16-13-21-17(19-16)20-11-7-4-8-12-20/h5-6,9-10,13H,4,7-8,11-12H2,1-3H3. The van der Waals surface area contributed by atoms with Crippen molar-refractivity contribution >= 4 is 16.5 Å². The smallest absolute Gasteiger partial charge is 0.185 e. The van der Waals surface area contributed by atoms with E-state index in [9.17, 15) is 0 Å². The molecule has 2 nitrogen and oxygen atoms in total. The van der Waals surface area contributed by atoms with Crippen LogP contribution in [0.4, 0.5) is 5.13 Å². The van der Waals surface area contributed by atoms with Gasteiger partial charge in [0.05, 0.1) is 5.69 Å². The number of hydrogen-bond donors (Lipinski definition) is 0. The zero-order chi connectivity index (χ0) is 14.9. The Kier molecular flexibility index (Phi) is 4.03. The SMILES string of the molecule is CC(C)(C)c1ccccc1-c1csc(N2CCCCC2)n1. The van der Waals surface area contributed by atoms with Crippen molar-refractivity contribution in [1.82, 2.24) is 4.98 Å². The van der Waals surface area contributed by atoms with E-state index >= 15 is 0 Å². The highest BCUT2D eigenvalue weighted by atomic mass is 32.1. The molecule has 0 spiro atoms. The number of piperidine rings is 1. The van der Waals surface area contributed by atoms with Gasteiger partial charge >= 0.3 is 0 Å². The van der Waals surface area contributed by atoms with Crippen molar-refractivity contribution in [3.8, 4) is 11.3 Å². The lowest BCUT2D eigenvalue weighted by Gasteiger charge is -2.26. The second kappa shape index (κ2) is 5.80. The van der Waals surface area contributed by atoms with E-state index in [-0.39, 0.29) is 5.41 Å². The number of benzene rings is 1. The van der Waals surface area contributed by atoms with Crippen LogP contribution in [0.2, 0.25) is 0 Å². The van der Waals surface area contributed by atoms with E-state index in [1.807, 2.05) is 0 Å². The van der Waals surface area contributed by atoms with E-state index in [2.05, 4.69) is 55.3 Å². The molecule has 0 N–H and O–H groups in total. The van der Waals surface area contributed by atoms with Crippen LogP contribution in [0.15, 0.2) is 29.6 Å². The molecule has 112 valence electrons. The monoisotopic (exact) mass is 300 g/mol. The summed E-state index contributed by atoms with van der Waals surface area (Å²) in [7, 11) is 0. The minimum atomic E-state index is 0.144. The average Bonchev–Trinajstić information content (AvgIpc) is 2.97. The molecule has 0 amide bonds. The minimum Gasteiger partial charge on any atom is -0.348 e. The molecule has 1 saturated heterocycles. The van der Waals surface area contributed by atoms with Crippen molar-refractivity contribution in [2.45, 2.75) is 45.4 Å². The van der Waals surface area contributed by atoms with Crippen molar-refractivity contribution in [3.05, 3.63) is 35.2 Å². The predicted octanol–water partition coefficient (Wildman–Crippen LogP) is 5.10. The van der Waals surface area contributed by atoms with Gasteiger partial charge in [-0.2, -0.15) is 0 Å². The Labute approximate surface area is 131 Å². The van der Waals surface area contributed by atoms with Crippen LogP contribution in [0.25, 0.3) is 11.3 Å². The second-order valence-electron chi connectivity index (χ2n) is 6.86. The molecular formula is C18H24N2S. The predicted molar refractivity (Wildman–Crippen MR) is 92.3 cm³/mol.